The number of carbonyl (C=O) groups excluding carboxylic acids is 2. The Hall–Kier alpha value is -4.04. The normalized spacial score (nSPS) is 22.3. The first-order valence-electron chi connectivity index (χ1n) is 22.6. The number of hydrogen-bond donors (Lipinski definition) is 4. The first-order valence-corrected chi connectivity index (χ1v) is 23.3. The quantitative estimate of drug-likeness (QED) is 0.0965. The van der Waals surface area contributed by atoms with Crippen LogP contribution in [0.3, 0.4) is 0 Å². The van der Waals surface area contributed by atoms with E-state index in [1.807, 2.05) is 48.5 Å². The molecule has 4 fully saturated rings. The summed E-state index contributed by atoms with van der Waals surface area (Å²) in [5, 5.41) is 14.8. The standard InChI is InChI=1S/2C24H31ClN4O2/c2*1-16-5-6-18(14-26-16)23(30)12-19-11-20(21(25)15-27-19)22-3-2-4-24(29-22)28-13-17-7-9-31-10-8-17/h2*2-4,11,15-18,26H,5-10,12-14H2,1H3,(H,28,29)/t2*16-,18-/m10/s1. The molecule has 0 bridgehead atoms. The van der Waals surface area contributed by atoms with Crippen LogP contribution in [0.15, 0.2) is 60.9 Å². The third-order valence-corrected chi connectivity index (χ3v) is 13.2. The second-order valence-corrected chi connectivity index (χ2v) is 18.3. The maximum absolute atomic E-state index is 12.7. The van der Waals surface area contributed by atoms with Crippen LogP contribution in [0.2, 0.25) is 10.0 Å². The van der Waals surface area contributed by atoms with E-state index < -0.39 is 0 Å². The Balaban J connectivity index is 0.000000186. The fraction of sp³-hybridized carbons (Fsp3) is 0.542. The lowest BCUT2D eigenvalue weighted by atomic mass is 9.90. The van der Waals surface area contributed by atoms with Crippen molar-refractivity contribution in [3.8, 4) is 22.5 Å². The maximum Gasteiger partial charge on any atom is 0.143 e. The van der Waals surface area contributed by atoms with Gasteiger partial charge in [0.2, 0.25) is 0 Å². The van der Waals surface area contributed by atoms with Gasteiger partial charge in [-0.25, -0.2) is 9.97 Å². The van der Waals surface area contributed by atoms with Gasteiger partial charge < -0.3 is 30.7 Å². The number of pyridine rings is 4. The highest BCUT2D eigenvalue weighted by Crippen LogP contribution is 2.30. The summed E-state index contributed by atoms with van der Waals surface area (Å²) in [5.41, 5.74) is 4.67. The number of aromatic nitrogens is 4. The van der Waals surface area contributed by atoms with Crippen LogP contribution in [-0.2, 0) is 31.9 Å². The number of Topliss-reactive ketones (excluding diaryl/α,β-unsaturated/α-hetero) is 2. The zero-order chi connectivity index (χ0) is 43.3. The molecule has 4 N–H and O–H groups in total. The van der Waals surface area contributed by atoms with Gasteiger partial charge in [0.15, 0.2) is 0 Å². The van der Waals surface area contributed by atoms with Crippen molar-refractivity contribution in [2.45, 2.75) is 90.1 Å². The Morgan fingerprint density at radius 2 is 1.05 bits per heavy atom. The molecule has 4 atom stereocenters. The van der Waals surface area contributed by atoms with E-state index in [0.717, 1.165) is 150 Å². The SMILES string of the molecule is C[C@@H]1CC[C@@H](C(=O)Cc2cc(-c3cccc(NCC4CCOCC4)n3)c(Cl)cn2)CN1.C[C@H]1CC[C@H](C(=O)Cc2cc(-c3cccc(NCC4CCOCC4)n3)c(Cl)cn2)CN1. The Kier molecular flexibility index (Phi) is 17.1. The molecule has 4 aliphatic heterocycles. The van der Waals surface area contributed by atoms with Crippen molar-refractivity contribution in [3.63, 3.8) is 0 Å². The van der Waals surface area contributed by atoms with Crippen LogP contribution in [0.4, 0.5) is 11.6 Å². The van der Waals surface area contributed by atoms with E-state index in [1.165, 1.54) is 0 Å². The second kappa shape index (κ2) is 23.1. The number of ether oxygens (including phenoxy) is 2. The number of nitrogens with zero attached hydrogens (tertiary/aromatic N) is 4. The molecule has 4 aliphatic rings. The molecule has 0 unspecified atom stereocenters. The van der Waals surface area contributed by atoms with Crippen molar-refractivity contribution in [1.29, 1.82) is 0 Å². The third-order valence-electron chi connectivity index (χ3n) is 12.6. The van der Waals surface area contributed by atoms with Gasteiger partial charge in [-0.15, -0.1) is 0 Å². The maximum atomic E-state index is 12.7. The minimum absolute atomic E-state index is 0.0629. The summed E-state index contributed by atoms with van der Waals surface area (Å²) in [5.74, 6) is 3.48. The third kappa shape index (κ3) is 13.5. The van der Waals surface area contributed by atoms with E-state index in [4.69, 9.17) is 42.6 Å². The molecule has 0 saturated carbocycles. The second-order valence-electron chi connectivity index (χ2n) is 17.5. The molecule has 14 heteroatoms. The Morgan fingerprint density at radius 1 is 0.629 bits per heavy atom. The van der Waals surface area contributed by atoms with Crippen LogP contribution in [0.5, 0.6) is 0 Å². The average molecular weight is 886 g/mol. The fourth-order valence-electron chi connectivity index (χ4n) is 8.51. The number of rotatable bonds is 14. The van der Waals surface area contributed by atoms with Crippen LogP contribution in [0.25, 0.3) is 22.5 Å². The number of carbonyl (C=O) groups is 2. The Labute approximate surface area is 376 Å². The number of halogens is 2. The molecule has 0 aliphatic carbocycles. The predicted octanol–water partition coefficient (Wildman–Crippen LogP) is 8.27. The monoisotopic (exact) mass is 884 g/mol. The lowest BCUT2D eigenvalue weighted by Gasteiger charge is -2.26. The van der Waals surface area contributed by atoms with E-state index in [2.05, 4.69) is 45.1 Å². The Morgan fingerprint density at radius 3 is 1.44 bits per heavy atom. The molecule has 332 valence electrons. The van der Waals surface area contributed by atoms with Gasteiger partial charge in [-0.1, -0.05) is 35.3 Å². The van der Waals surface area contributed by atoms with E-state index in [-0.39, 0.29) is 23.4 Å². The van der Waals surface area contributed by atoms with Gasteiger partial charge in [-0.3, -0.25) is 19.6 Å². The highest BCUT2D eigenvalue weighted by molar-refractivity contribution is 6.33. The summed E-state index contributed by atoms with van der Waals surface area (Å²) in [4.78, 5) is 43.8. The molecule has 0 spiro atoms. The van der Waals surface area contributed by atoms with Crippen molar-refractivity contribution < 1.29 is 19.1 Å². The number of piperidine rings is 2. The van der Waals surface area contributed by atoms with Crippen molar-refractivity contribution in [1.82, 2.24) is 30.6 Å². The molecule has 0 radical (unpaired) electrons. The molecule has 62 heavy (non-hydrogen) atoms. The Bertz CT molecular complexity index is 1930. The summed E-state index contributed by atoms with van der Waals surface area (Å²) >= 11 is 12.9. The predicted molar refractivity (Wildman–Crippen MR) is 247 cm³/mol. The first kappa shape index (κ1) is 46.0. The van der Waals surface area contributed by atoms with Crippen molar-refractivity contribution in [2.24, 2.45) is 23.7 Å². The van der Waals surface area contributed by atoms with Crippen LogP contribution in [0, 0.1) is 23.7 Å². The van der Waals surface area contributed by atoms with E-state index in [0.29, 0.717) is 46.8 Å². The molecule has 4 saturated heterocycles. The van der Waals surface area contributed by atoms with Crippen LogP contribution in [0.1, 0.15) is 76.6 Å². The summed E-state index contributed by atoms with van der Waals surface area (Å²) in [6, 6.07) is 16.6. The van der Waals surface area contributed by atoms with Gasteiger partial charge in [0.1, 0.15) is 23.2 Å². The first-order chi connectivity index (χ1) is 30.2. The zero-order valence-corrected chi connectivity index (χ0v) is 37.7. The van der Waals surface area contributed by atoms with Gasteiger partial charge in [-0.2, -0.15) is 0 Å². The molecule has 8 heterocycles. The largest absolute Gasteiger partial charge is 0.381 e. The molecule has 4 aromatic heterocycles. The highest BCUT2D eigenvalue weighted by Gasteiger charge is 2.26. The summed E-state index contributed by atoms with van der Waals surface area (Å²) in [6.07, 6.45) is 12.2. The molecule has 0 amide bonds. The smallest absolute Gasteiger partial charge is 0.143 e. The van der Waals surface area contributed by atoms with Gasteiger partial charge >= 0.3 is 0 Å². The van der Waals surface area contributed by atoms with Crippen molar-refractivity contribution in [3.05, 3.63) is 82.4 Å². The number of ketones is 2. The van der Waals surface area contributed by atoms with Crippen LogP contribution in [-0.4, -0.2) is 96.2 Å². The molecule has 4 aromatic rings. The topological polar surface area (TPSA) is 152 Å². The van der Waals surface area contributed by atoms with Crippen LogP contribution < -0.4 is 21.3 Å². The lowest BCUT2D eigenvalue weighted by molar-refractivity contribution is -0.123. The van der Waals surface area contributed by atoms with Gasteiger partial charge in [-0.05, 0) is 113 Å². The van der Waals surface area contributed by atoms with Crippen molar-refractivity contribution in [2.75, 3.05) is 63.2 Å². The summed E-state index contributed by atoms with van der Waals surface area (Å²) in [6.45, 7) is 10.9. The fourth-order valence-corrected chi connectivity index (χ4v) is 8.91. The van der Waals surface area contributed by atoms with Crippen molar-refractivity contribution >= 4 is 46.4 Å². The molecule has 8 rings (SSSR count). The number of nitrogens with one attached hydrogen (secondary N) is 4. The van der Waals surface area contributed by atoms with E-state index in [1.54, 1.807) is 12.4 Å². The van der Waals surface area contributed by atoms with Gasteiger partial charge in [0.25, 0.3) is 0 Å². The molecular weight excluding hydrogens is 823 g/mol. The molecular formula is C48H62Cl2N8O4. The van der Waals surface area contributed by atoms with E-state index in [9.17, 15) is 9.59 Å². The average Bonchev–Trinajstić information content (AvgIpc) is 3.30. The minimum Gasteiger partial charge on any atom is -0.381 e. The lowest BCUT2D eigenvalue weighted by Crippen LogP contribution is -2.40. The van der Waals surface area contributed by atoms with Gasteiger partial charge in [0.05, 0.1) is 21.4 Å². The van der Waals surface area contributed by atoms with Gasteiger partial charge in [0, 0.05) is 124 Å². The molecule has 12 nitrogen and oxygen atoms in total. The minimum atomic E-state index is 0.0629. The number of hydrogen-bond acceptors (Lipinski definition) is 12. The molecule has 0 aromatic carbocycles. The zero-order valence-electron chi connectivity index (χ0n) is 36.1. The highest BCUT2D eigenvalue weighted by atomic mass is 35.5. The summed E-state index contributed by atoms with van der Waals surface area (Å²) < 4.78 is 10.9. The van der Waals surface area contributed by atoms with Crippen LogP contribution >= 0.6 is 23.2 Å². The number of anilines is 2. The van der Waals surface area contributed by atoms with E-state index >= 15 is 0 Å². The summed E-state index contributed by atoms with van der Waals surface area (Å²) in [7, 11) is 0.